The Morgan fingerprint density at radius 1 is 0.657 bits per heavy atom. The quantitative estimate of drug-likeness (QED) is 0.233. The summed E-state index contributed by atoms with van der Waals surface area (Å²) >= 11 is 0. The van der Waals surface area contributed by atoms with E-state index in [0.717, 1.165) is 18.4 Å². The van der Waals surface area contributed by atoms with Gasteiger partial charge in [0.1, 0.15) is 0 Å². The molecule has 0 aliphatic carbocycles. The summed E-state index contributed by atoms with van der Waals surface area (Å²) in [5.41, 5.74) is 4.41. The fourth-order valence-corrected chi connectivity index (χ4v) is 3.99. The molecular formula is C31H27F3O. The fourth-order valence-electron chi connectivity index (χ4n) is 3.99. The number of aryl methyl sites for hydroxylation is 1. The SMILES string of the molecule is CCCc1ccc(-c2ccc(-c3ccc(C=Cc4ccc(OCC)c(F)c4)cc3)c(F)c2F)cc1. The van der Waals surface area contributed by atoms with Crippen molar-refractivity contribution in [3.63, 3.8) is 0 Å². The first-order valence-electron chi connectivity index (χ1n) is 11.8. The van der Waals surface area contributed by atoms with Crippen molar-refractivity contribution < 1.29 is 17.9 Å². The third-order valence-electron chi connectivity index (χ3n) is 5.83. The van der Waals surface area contributed by atoms with Gasteiger partial charge in [0, 0.05) is 11.1 Å². The first kappa shape index (κ1) is 24.3. The highest BCUT2D eigenvalue weighted by Crippen LogP contribution is 2.32. The maximum atomic E-state index is 15.0. The third-order valence-corrected chi connectivity index (χ3v) is 5.83. The summed E-state index contributed by atoms with van der Waals surface area (Å²) in [5, 5.41) is 0. The van der Waals surface area contributed by atoms with Gasteiger partial charge in [-0.05, 0) is 53.3 Å². The summed E-state index contributed by atoms with van der Waals surface area (Å²) in [7, 11) is 0. The molecule has 0 bridgehead atoms. The first-order chi connectivity index (χ1) is 17.0. The molecule has 0 amide bonds. The summed E-state index contributed by atoms with van der Waals surface area (Å²) in [6.45, 7) is 4.31. The Hall–Kier alpha value is -3.79. The smallest absolute Gasteiger partial charge is 0.167 e. The van der Waals surface area contributed by atoms with Gasteiger partial charge < -0.3 is 4.74 Å². The average Bonchev–Trinajstić information content (AvgIpc) is 2.87. The van der Waals surface area contributed by atoms with Gasteiger partial charge in [-0.3, -0.25) is 0 Å². The van der Waals surface area contributed by atoms with Crippen LogP contribution in [0.1, 0.15) is 37.0 Å². The predicted octanol–water partition coefficient (Wildman–Crippen LogP) is 8.96. The van der Waals surface area contributed by atoms with Gasteiger partial charge in [0.25, 0.3) is 0 Å². The molecule has 1 nitrogen and oxygen atoms in total. The predicted molar refractivity (Wildman–Crippen MR) is 138 cm³/mol. The van der Waals surface area contributed by atoms with E-state index in [0.29, 0.717) is 23.3 Å². The Balaban J connectivity index is 1.52. The largest absolute Gasteiger partial charge is 0.491 e. The van der Waals surface area contributed by atoms with E-state index in [1.165, 1.54) is 11.6 Å². The highest BCUT2D eigenvalue weighted by molar-refractivity contribution is 5.74. The minimum atomic E-state index is -0.867. The van der Waals surface area contributed by atoms with Crippen molar-refractivity contribution in [3.05, 3.63) is 113 Å². The Kier molecular flexibility index (Phi) is 7.71. The molecule has 178 valence electrons. The highest BCUT2D eigenvalue weighted by atomic mass is 19.2. The van der Waals surface area contributed by atoms with Crippen molar-refractivity contribution in [1.82, 2.24) is 0 Å². The van der Waals surface area contributed by atoms with Crippen LogP contribution in [0.4, 0.5) is 13.2 Å². The van der Waals surface area contributed by atoms with Crippen LogP contribution in [0.3, 0.4) is 0 Å². The molecule has 0 unspecified atom stereocenters. The highest BCUT2D eigenvalue weighted by Gasteiger charge is 2.16. The summed E-state index contributed by atoms with van der Waals surface area (Å²) in [6, 6.07) is 22.7. The van der Waals surface area contributed by atoms with Crippen LogP contribution in [-0.4, -0.2) is 6.61 Å². The van der Waals surface area contributed by atoms with Gasteiger partial charge in [-0.25, -0.2) is 13.2 Å². The zero-order valence-electron chi connectivity index (χ0n) is 19.8. The molecule has 0 saturated carbocycles. The van der Waals surface area contributed by atoms with Gasteiger partial charge in [0.15, 0.2) is 23.2 Å². The van der Waals surface area contributed by atoms with E-state index in [-0.39, 0.29) is 16.9 Å². The van der Waals surface area contributed by atoms with Gasteiger partial charge in [-0.1, -0.05) is 92.2 Å². The summed E-state index contributed by atoms with van der Waals surface area (Å²) < 4.78 is 49.2. The van der Waals surface area contributed by atoms with Crippen LogP contribution < -0.4 is 4.74 Å². The van der Waals surface area contributed by atoms with Gasteiger partial charge >= 0.3 is 0 Å². The number of hydrogen-bond donors (Lipinski definition) is 0. The molecule has 0 N–H and O–H groups in total. The van der Waals surface area contributed by atoms with Crippen LogP contribution in [0.15, 0.2) is 78.9 Å². The average molecular weight is 473 g/mol. The van der Waals surface area contributed by atoms with Crippen molar-refractivity contribution in [2.24, 2.45) is 0 Å². The number of halogens is 3. The third kappa shape index (κ3) is 5.65. The molecule has 0 aliphatic rings. The zero-order valence-corrected chi connectivity index (χ0v) is 19.8. The molecule has 0 heterocycles. The van der Waals surface area contributed by atoms with Crippen molar-refractivity contribution in [3.8, 4) is 28.0 Å². The summed E-state index contributed by atoms with van der Waals surface area (Å²) in [4.78, 5) is 0. The van der Waals surface area contributed by atoms with Crippen LogP contribution in [0.25, 0.3) is 34.4 Å². The van der Waals surface area contributed by atoms with E-state index in [4.69, 9.17) is 4.74 Å². The van der Waals surface area contributed by atoms with Crippen molar-refractivity contribution in [2.75, 3.05) is 6.61 Å². The first-order valence-corrected chi connectivity index (χ1v) is 11.8. The molecule has 0 saturated heterocycles. The normalized spacial score (nSPS) is 11.2. The van der Waals surface area contributed by atoms with E-state index in [1.807, 2.05) is 42.5 Å². The van der Waals surface area contributed by atoms with E-state index >= 15 is 0 Å². The zero-order chi connectivity index (χ0) is 24.8. The lowest BCUT2D eigenvalue weighted by molar-refractivity contribution is 0.321. The molecule has 0 spiro atoms. The molecule has 35 heavy (non-hydrogen) atoms. The second-order valence-electron chi connectivity index (χ2n) is 8.31. The molecule has 0 fully saturated rings. The Morgan fingerprint density at radius 3 is 1.74 bits per heavy atom. The molecule has 4 heteroatoms. The number of hydrogen-bond acceptors (Lipinski definition) is 1. The van der Waals surface area contributed by atoms with Crippen LogP contribution in [0.2, 0.25) is 0 Å². The van der Waals surface area contributed by atoms with E-state index in [1.54, 1.807) is 49.4 Å². The minimum Gasteiger partial charge on any atom is -0.491 e. The lowest BCUT2D eigenvalue weighted by Gasteiger charge is -2.10. The van der Waals surface area contributed by atoms with Gasteiger partial charge in [-0.15, -0.1) is 0 Å². The van der Waals surface area contributed by atoms with Gasteiger partial charge in [0.2, 0.25) is 0 Å². The number of benzene rings is 4. The Bertz CT molecular complexity index is 1320. The lowest BCUT2D eigenvalue weighted by atomic mass is 9.97. The van der Waals surface area contributed by atoms with Crippen LogP contribution in [0, 0.1) is 17.5 Å². The van der Waals surface area contributed by atoms with Gasteiger partial charge in [0.05, 0.1) is 6.61 Å². The van der Waals surface area contributed by atoms with Crippen LogP contribution in [0.5, 0.6) is 5.75 Å². The molecule has 0 aromatic heterocycles. The molecule has 0 aliphatic heterocycles. The standard InChI is InChI=1S/C31H27F3O/c1-3-5-21-8-13-24(14-9-21)26-17-18-27(31(34)30(26)33)25-15-10-22(11-16-25)6-7-23-12-19-29(35-4-2)28(32)20-23/h6-20H,3-5H2,1-2H3. The Morgan fingerprint density at radius 2 is 1.20 bits per heavy atom. The lowest BCUT2D eigenvalue weighted by Crippen LogP contribution is -1.94. The molecule has 0 atom stereocenters. The van der Waals surface area contributed by atoms with Crippen LogP contribution >= 0.6 is 0 Å². The fraction of sp³-hybridized carbons (Fsp3) is 0.161. The monoisotopic (exact) mass is 472 g/mol. The topological polar surface area (TPSA) is 9.23 Å². The summed E-state index contributed by atoms with van der Waals surface area (Å²) in [6.07, 6.45) is 5.61. The van der Waals surface area contributed by atoms with E-state index < -0.39 is 17.5 Å². The molecule has 4 aromatic rings. The van der Waals surface area contributed by atoms with E-state index in [9.17, 15) is 13.2 Å². The van der Waals surface area contributed by atoms with Crippen LogP contribution in [-0.2, 0) is 6.42 Å². The molecular weight excluding hydrogens is 445 g/mol. The van der Waals surface area contributed by atoms with Crippen molar-refractivity contribution >= 4 is 12.2 Å². The maximum Gasteiger partial charge on any atom is 0.167 e. The van der Waals surface area contributed by atoms with Crippen molar-refractivity contribution in [2.45, 2.75) is 26.7 Å². The number of rotatable bonds is 8. The number of ether oxygens (including phenoxy) is 1. The Labute approximate surface area is 204 Å². The summed E-state index contributed by atoms with van der Waals surface area (Å²) in [5.74, 6) is -1.91. The second-order valence-corrected chi connectivity index (χ2v) is 8.31. The van der Waals surface area contributed by atoms with E-state index in [2.05, 4.69) is 6.92 Å². The second kappa shape index (κ2) is 11.1. The minimum absolute atomic E-state index is 0.206. The maximum absolute atomic E-state index is 15.0. The molecule has 4 aromatic carbocycles. The molecule has 0 radical (unpaired) electrons. The van der Waals surface area contributed by atoms with Gasteiger partial charge in [-0.2, -0.15) is 0 Å². The molecule has 4 rings (SSSR count). The van der Waals surface area contributed by atoms with Crippen molar-refractivity contribution in [1.29, 1.82) is 0 Å².